The van der Waals surface area contributed by atoms with Crippen molar-refractivity contribution in [2.45, 2.75) is 111 Å². The van der Waals surface area contributed by atoms with E-state index in [1.54, 1.807) is 0 Å². The molecule has 332 valence electrons. The van der Waals surface area contributed by atoms with E-state index in [2.05, 4.69) is 77.8 Å². The van der Waals surface area contributed by atoms with Crippen LogP contribution in [-0.2, 0) is 9.59 Å². The second-order valence-corrected chi connectivity index (χ2v) is 16.8. The summed E-state index contributed by atoms with van der Waals surface area (Å²) in [7, 11) is 0. The lowest BCUT2D eigenvalue weighted by atomic mass is 10.1. The second-order valence-electron chi connectivity index (χ2n) is 15.2. The Balaban J connectivity index is 0.00000600. The van der Waals surface area contributed by atoms with Crippen molar-refractivity contribution in [2.24, 2.45) is 5.73 Å². The number of primary amides is 1. The topological polar surface area (TPSA) is 85.1 Å². The molecule has 2 aromatic rings. The molecule has 59 heavy (non-hydrogen) atoms. The Morgan fingerprint density at radius 2 is 1.20 bits per heavy atom. The van der Waals surface area contributed by atoms with Crippen molar-refractivity contribution in [3.05, 3.63) is 68.4 Å². The van der Waals surface area contributed by atoms with Crippen LogP contribution in [0.5, 0.6) is 0 Å². The number of halogens is 6. The van der Waals surface area contributed by atoms with Crippen LogP contribution in [-0.4, -0.2) is 81.4 Å². The van der Waals surface area contributed by atoms with Gasteiger partial charge in [0.1, 0.15) is 12.0 Å². The van der Waals surface area contributed by atoms with Gasteiger partial charge in [-0.25, -0.2) is 0 Å². The monoisotopic (exact) mass is 1020 g/mol. The van der Waals surface area contributed by atoms with Crippen molar-refractivity contribution in [2.75, 3.05) is 78.5 Å². The summed E-state index contributed by atoms with van der Waals surface area (Å²) in [6, 6.07) is 7.97. The molecule has 15 heteroatoms. The Kier molecular flexibility index (Phi) is 24.0. The first-order valence-electron chi connectivity index (χ1n) is 21.3. The van der Waals surface area contributed by atoms with Crippen molar-refractivity contribution < 1.29 is 31.1 Å². The molecule has 0 spiro atoms. The van der Waals surface area contributed by atoms with E-state index in [1.165, 1.54) is 43.5 Å². The zero-order valence-electron chi connectivity index (χ0n) is 35.7. The number of nitrogens with zero attached hydrogens (tertiary/aromatic N) is 5. The van der Waals surface area contributed by atoms with Crippen LogP contribution in [0, 0.1) is 0 Å². The highest BCUT2D eigenvalue weighted by atomic mass is 79.9. The van der Waals surface area contributed by atoms with Crippen molar-refractivity contribution >= 4 is 97.9 Å². The van der Waals surface area contributed by atoms with Crippen LogP contribution in [0.15, 0.2) is 48.3 Å². The predicted molar refractivity (Wildman–Crippen MR) is 255 cm³/mol. The summed E-state index contributed by atoms with van der Waals surface area (Å²) in [4.78, 5) is 32.9. The highest BCUT2D eigenvalue weighted by Crippen LogP contribution is 2.47. The van der Waals surface area contributed by atoms with Crippen molar-refractivity contribution in [3.63, 3.8) is 0 Å². The van der Waals surface area contributed by atoms with E-state index in [1.807, 2.05) is 24.3 Å². The molecule has 2 aromatic carbocycles. The van der Waals surface area contributed by atoms with Gasteiger partial charge in [0.15, 0.2) is 0 Å². The maximum Gasteiger partial charge on any atom is 0.219 e. The molecule has 2 amide bonds. The number of fused-ring (bicyclic) bond motifs is 2. The molecule has 9 nitrogen and oxygen atoms in total. The minimum Gasteiger partial charge on any atom is -1.00 e. The van der Waals surface area contributed by atoms with Crippen LogP contribution in [0.1, 0.15) is 105 Å². The number of rotatable bonds is 25. The number of carbonyl (C=O) groups is 2. The lowest BCUT2D eigenvalue weighted by Crippen LogP contribution is -3.00. The molecule has 1 atom stereocenters. The van der Waals surface area contributed by atoms with Crippen molar-refractivity contribution in [1.29, 1.82) is 0 Å². The molecule has 0 saturated carbocycles. The molecular weight excluding hydrogens is 960 g/mol. The third-order valence-electron chi connectivity index (χ3n) is 11.9. The van der Waals surface area contributed by atoms with Gasteiger partial charge in [-0.05, 0) is 116 Å². The highest BCUT2D eigenvalue weighted by Gasteiger charge is 2.35. The van der Waals surface area contributed by atoms with E-state index in [0.29, 0.717) is 39.5 Å². The zero-order chi connectivity index (χ0) is 41.5. The minimum atomic E-state index is -0.277. The van der Waals surface area contributed by atoms with Gasteiger partial charge in [0.05, 0.1) is 69.0 Å². The third kappa shape index (κ3) is 14.3. The normalized spacial score (nSPS) is 15.5. The molecule has 4 rings (SSSR count). The Bertz CT molecular complexity index is 1700. The molecule has 2 aliphatic heterocycles. The largest absolute Gasteiger partial charge is 1.00 e. The van der Waals surface area contributed by atoms with Gasteiger partial charge in [-0.15, -0.1) is 17.0 Å². The number of anilines is 4. The number of likely N-dealkylation sites (N-methyl/N-ethyl adjacent to an activating group) is 1. The number of amides is 2. The lowest BCUT2D eigenvalue weighted by Gasteiger charge is -2.36. The summed E-state index contributed by atoms with van der Waals surface area (Å²) in [5.74, 6) is 0.910. The average Bonchev–Trinajstić information content (AvgIpc) is 3.63. The number of unbranched alkanes of at least 4 members (excludes halogenated alkanes) is 6. The number of nitrogens with one attached hydrogen (secondary N) is 1. The van der Waals surface area contributed by atoms with Gasteiger partial charge in [-0.3, -0.25) is 9.59 Å². The van der Waals surface area contributed by atoms with Crippen LogP contribution in [0.3, 0.4) is 0 Å². The summed E-state index contributed by atoms with van der Waals surface area (Å²) in [6.45, 7) is 19.9. The van der Waals surface area contributed by atoms with Gasteiger partial charge in [-0.2, -0.15) is 0 Å². The van der Waals surface area contributed by atoms with Crippen LogP contribution < -0.4 is 47.6 Å². The van der Waals surface area contributed by atoms with E-state index in [9.17, 15) is 9.59 Å². The van der Waals surface area contributed by atoms with Gasteiger partial charge in [0, 0.05) is 45.6 Å². The summed E-state index contributed by atoms with van der Waals surface area (Å²) < 4.78 is 1.18. The third-order valence-corrected chi connectivity index (χ3v) is 13.3. The molecule has 2 aliphatic rings. The number of carbonyl (C=O) groups excluding carboxylic acids is 2. The van der Waals surface area contributed by atoms with Gasteiger partial charge in [0.25, 0.3) is 0 Å². The minimum absolute atomic E-state index is 0. The van der Waals surface area contributed by atoms with Crippen molar-refractivity contribution in [1.82, 2.24) is 5.32 Å². The van der Waals surface area contributed by atoms with Crippen LogP contribution in [0.4, 0.5) is 22.7 Å². The fraction of sp³-hybridized carbons (Fsp3) is 0.591. The molecule has 3 N–H and O–H groups in total. The maximum absolute atomic E-state index is 12.5. The van der Waals surface area contributed by atoms with Crippen LogP contribution >= 0.6 is 63.4 Å². The summed E-state index contributed by atoms with van der Waals surface area (Å²) in [5.41, 5.74) is 9.51. The standard InChI is InChI=1S/C44H65Cl4N7O2.2BrH/c1-6-51-37-29-33(45)35(47)31-39(37)53(26-17-12-15-22-42(57)50-25-16-11-14-21-41(49)56)43(51)23-20-24-44-52(7-2)38-30-34(46)36(48)32-40(38)54(44)27-18-13-19-28-55(8-3,9-4)10-5;;/h20,23-24,29-32,43H,6-19,21-22,25-28H2,1-5H3,(H2-,49,50,56,57);2*1H/b23-20-,44-24-;;. The molecule has 0 aliphatic carbocycles. The molecule has 0 fully saturated rings. The fourth-order valence-electron chi connectivity index (χ4n) is 8.30. The van der Waals surface area contributed by atoms with E-state index in [0.717, 1.165) is 99.7 Å². The second kappa shape index (κ2) is 26.6. The molecule has 0 radical (unpaired) electrons. The van der Waals surface area contributed by atoms with Gasteiger partial charge in [0.2, 0.25) is 11.8 Å². The first-order valence-corrected chi connectivity index (χ1v) is 22.8. The van der Waals surface area contributed by atoms with E-state index in [-0.39, 0.29) is 51.9 Å². The van der Waals surface area contributed by atoms with Gasteiger partial charge in [-0.1, -0.05) is 65.3 Å². The molecular formula is C44H67Br2Cl4N7O2. The van der Waals surface area contributed by atoms with Gasteiger partial charge >= 0.3 is 0 Å². The van der Waals surface area contributed by atoms with Crippen molar-refractivity contribution in [3.8, 4) is 0 Å². The number of allylic oxidation sites excluding steroid dienone is 2. The number of hydrogen-bond acceptors (Lipinski definition) is 6. The van der Waals surface area contributed by atoms with Crippen LogP contribution in [0.25, 0.3) is 0 Å². The lowest BCUT2D eigenvalue weighted by molar-refractivity contribution is -0.923. The van der Waals surface area contributed by atoms with E-state index < -0.39 is 0 Å². The molecule has 1 unspecified atom stereocenters. The zero-order valence-corrected chi connectivity index (χ0v) is 42.0. The number of quaternary nitrogens is 1. The average molecular weight is 1030 g/mol. The molecule has 0 saturated heterocycles. The number of hydrogen-bond donors (Lipinski definition) is 2. The Morgan fingerprint density at radius 1 is 0.678 bits per heavy atom. The summed E-state index contributed by atoms with van der Waals surface area (Å²) in [5, 5.41) is 5.21. The number of benzene rings is 2. The Morgan fingerprint density at radius 3 is 1.78 bits per heavy atom. The Labute approximate surface area is 395 Å². The van der Waals surface area contributed by atoms with Gasteiger partial charge < -0.3 is 52.1 Å². The smallest absolute Gasteiger partial charge is 0.219 e. The first kappa shape index (κ1) is 53.3. The molecule has 0 aromatic heterocycles. The molecule has 2 heterocycles. The summed E-state index contributed by atoms with van der Waals surface area (Å²) in [6.07, 6.45) is 16.1. The Hall–Kier alpha value is -1.86. The first-order chi connectivity index (χ1) is 27.4. The highest BCUT2D eigenvalue weighted by molar-refractivity contribution is 8.93. The van der Waals surface area contributed by atoms with E-state index >= 15 is 0 Å². The summed E-state index contributed by atoms with van der Waals surface area (Å²) >= 11 is 26.4. The van der Waals surface area contributed by atoms with E-state index in [4.69, 9.17) is 52.1 Å². The van der Waals surface area contributed by atoms with Crippen LogP contribution in [0.2, 0.25) is 20.1 Å². The predicted octanol–water partition coefficient (Wildman–Crippen LogP) is 8.37. The number of nitrogens with two attached hydrogens (primary N) is 1. The maximum atomic E-state index is 12.5. The SMILES string of the molecule is Br.CCN1/C(=C/C=C\C2N(CC)c3cc(Cl)c(Cl)cc3N2CCCCCC(=O)NCCCCCC(N)=O)N(CCCCC[N+](CC)(CC)CC)c2cc(Cl)c(Cl)cc21.[Br-]. The quantitative estimate of drug-likeness (QED) is 0.0769. The molecule has 0 bridgehead atoms. The fourth-order valence-corrected chi connectivity index (χ4v) is 8.93.